The minimum atomic E-state index is -0.0297. The van der Waals surface area contributed by atoms with Crippen LogP contribution in [0.4, 0.5) is 0 Å². The third kappa shape index (κ3) is 4.77. The van der Waals surface area contributed by atoms with Gasteiger partial charge in [-0.05, 0) is 55.0 Å². The first-order chi connectivity index (χ1) is 13.7. The van der Waals surface area contributed by atoms with Crippen molar-refractivity contribution >= 4 is 40.2 Å². The fourth-order valence-electron chi connectivity index (χ4n) is 2.88. The molecule has 1 aliphatic carbocycles. The standard InChI is InChI=1S/C21H18ClN3O2S/c22-15-3-8-19-14(10-15)11-21(25-19)28-13-20(26)24-16-4-6-17(7-5-16)27-18-2-1-9-23-12-18/h1-4,6,8-12,25H,5,7,13H2,(H,24,26). The number of nitrogens with zero attached hydrogens (tertiary/aromatic N) is 1. The number of hydrogen-bond donors (Lipinski definition) is 2. The van der Waals surface area contributed by atoms with Crippen LogP contribution in [0.25, 0.3) is 10.9 Å². The zero-order chi connectivity index (χ0) is 19.3. The second-order valence-corrected chi connectivity index (χ2v) is 7.77. The van der Waals surface area contributed by atoms with Crippen LogP contribution in [0, 0.1) is 0 Å². The van der Waals surface area contributed by atoms with Gasteiger partial charge < -0.3 is 15.0 Å². The van der Waals surface area contributed by atoms with E-state index in [-0.39, 0.29) is 5.91 Å². The molecule has 2 aromatic heterocycles. The number of benzene rings is 1. The number of amides is 1. The van der Waals surface area contributed by atoms with Gasteiger partial charge in [-0.2, -0.15) is 0 Å². The third-order valence-electron chi connectivity index (χ3n) is 4.21. The van der Waals surface area contributed by atoms with E-state index in [2.05, 4.69) is 15.3 Å². The van der Waals surface area contributed by atoms with Crippen LogP contribution in [-0.4, -0.2) is 21.6 Å². The highest BCUT2D eigenvalue weighted by Gasteiger charge is 2.12. The van der Waals surface area contributed by atoms with E-state index in [1.807, 2.05) is 48.6 Å². The summed E-state index contributed by atoms with van der Waals surface area (Å²) in [5, 5.41) is 5.65. The average molecular weight is 412 g/mol. The van der Waals surface area contributed by atoms with Gasteiger partial charge in [0, 0.05) is 34.2 Å². The molecule has 2 heterocycles. The van der Waals surface area contributed by atoms with Crippen LogP contribution in [0.1, 0.15) is 12.8 Å². The maximum Gasteiger partial charge on any atom is 0.234 e. The fraction of sp³-hybridized carbons (Fsp3) is 0.143. The summed E-state index contributed by atoms with van der Waals surface area (Å²) in [5.41, 5.74) is 1.90. The molecule has 0 saturated heterocycles. The topological polar surface area (TPSA) is 67.0 Å². The predicted molar refractivity (Wildman–Crippen MR) is 112 cm³/mol. The number of rotatable bonds is 6. The van der Waals surface area contributed by atoms with Crippen LogP contribution in [0.3, 0.4) is 0 Å². The molecule has 3 aromatic rings. The van der Waals surface area contributed by atoms with Gasteiger partial charge >= 0.3 is 0 Å². The molecule has 0 atom stereocenters. The zero-order valence-corrected chi connectivity index (χ0v) is 16.5. The molecule has 0 radical (unpaired) electrons. The Morgan fingerprint density at radius 3 is 2.96 bits per heavy atom. The van der Waals surface area contributed by atoms with Crippen molar-refractivity contribution < 1.29 is 9.53 Å². The molecule has 1 amide bonds. The number of carbonyl (C=O) groups is 1. The van der Waals surface area contributed by atoms with Crippen LogP contribution in [0.2, 0.25) is 5.02 Å². The van der Waals surface area contributed by atoms with E-state index in [4.69, 9.17) is 16.3 Å². The van der Waals surface area contributed by atoms with Crippen LogP contribution < -0.4 is 10.1 Å². The number of hydrogen-bond acceptors (Lipinski definition) is 4. The highest BCUT2D eigenvalue weighted by atomic mass is 35.5. The molecule has 0 aliphatic heterocycles. The molecule has 28 heavy (non-hydrogen) atoms. The van der Waals surface area contributed by atoms with Gasteiger partial charge in [0.2, 0.25) is 5.91 Å². The van der Waals surface area contributed by atoms with E-state index in [9.17, 15) is 4.79 Å². The molecule has 0 bridgehead atoms. The van der Waals surface area contributed by atoms with E-state index in [0.29, 0.717) is 16.5 Å². The van der Waals surface area contributed by atoms with Gasteiger partial charge in [0.15, 0.2) is 0 Å². The molecule has 0 spiro atoms. The summed E-state index contributed by atoms with van der Waals surface area (Å²) in [6.45, 7) is 0. The Morgan fingerprint density at radius 1 is 1.25 bits per heavy atom. The van der Waals surface area contributed by atoms with Crippen molar-refractivity contribution in [1.29, 1.82) is 0 Å². The van der Waals surface area contributed by atoms with Crippen LogP contribution in [0.5, 0.6) is 5.75 Å². The molecule has 5 nitrogen and oxygen atoms in total. The van der Waals surface area contributed by atoms with Crippen molar-refractivity contribution in [3.8, 4) is 5.75 Å². The number of nitrogens with one attached hydrogen (secondary N) is 2. The van der Waals surface area contributed by atoms with Gasteiger partial charge in [-0.15, -0.1) is 0 Å². The molecule has 142 valence electrons. The number of pyridine rings is 1. The van der Waals surface area contributed by atoms with Gasteiger partial charge in [-0.25, -0.2) is 0 Å². The highest BCUT2D eigenvalue weighted by Crippen LogP contribution is 2.26. The average Bonchev–Trinajstić information content (AvgIpc) is 3.11. The van der Waals surface area contributed by atoms with Crippen molar-refractivity contribution in [2.45, 2.75) is 17.9 Å². The van der Waals surface area contributed by atoms with Crippen molar-refractivity contribution in [2.24, 2.45) is 0 Å². The number of allylic oxidation sites excluding steroid dienone is 4. The Hall–Kier alpha value is -2.70. The zero-order valence-electron chi connectivity index (χ0n) is 14.9. The largest absolute Gasteiger partial charge is 0.460 e. The van der Waals surface area contributed by atoms with Crippen LogP contribution in [-0.2, 0) is 4.79 Å². The molecule has 1 aromatic carbocycles. The van der Waals surface area contributed by atoms with E-state index in [1.165, 1.54) is 11.8 Å². The van der Waals surface area contributed by atoms with Crippen molar-refractivity contribution in [2.75, 3.05) is 5.75 Å². The summed E-state index contributed by atoms with van der Waals surface area (Å²) >= 11 is 7.48. The first-order valence-corrected chi connectivity index (χ1v) is 10.2. The number of thioether (sulfide) groups is 1. The number of carbonyl (C=O) groups excluding carboxylic acids is 1. The number of halogens is 1. The van der Waals surface area contributed by atoms with Gasteiger partial charge in [0.05, 0.1) is 17.0 Å². The summed E-state index contributed by atoms with van der Waals surface area (Å²) in [6, 6.07) is 11.4. The number of H-pyrrole nitrogens is 1. The SMILES string of the molecule is O=C(CSc1cc2cc(Cl)ccc2[nH]1)NC1=CC=C(Oc2cccnc2)CC1. The Labute approximate surface area is 171 Å². The Balaban J connectivity index is 1.30. The molecule has 4 rings (SSSR count). The molecule has 0 saturated carbocycles. The maximum absolute atomic E-state index is 12.3. The maximum atomic E-state index is 12.3. The molecule has 2 N–H and O–H groups in total. The fourth-order valence-corrected chi connectivity index (χ4v) is 3.81. The normalized spacial score (nSPS) is 13.8. The summed E-state index contributed by atoms with van der Waals surface area (Å²) in [6.07, 6.45) is 8.63. The second-order valence-electron chi connectivity index (χ2n) is 6.32. The van der Waals surface area contributed by atoms with Gasteiger partial charge in [-0.1, -0.05) is 23.4 Å². The lowest BCUT2D eigenvalue weighted by Crippen LogP contribution is -2.25. The lowest BCUT2D eigenvalue weighted by molar-refractivity contribution is -0.117. The highest BCUT2D eigenvalue weighted by molar-refractivity contribution is 7.99. The summed E-state index contributed by atoms with van der Waals surface area (Å²) in [4.78, 5) is 19.6. The monoisotopic (exact) mass is 411 g/mol. The van der Waals surface area contributed by atoms with E-state index in [0.717, 1.165) is 40.2 Å². The van der Waals surface area contributed by atoms with Gasteiger partial charge in [-0.3, -0.25) is 9.78 Å². The molecule has 7 heteroatoms. The second kappa shape index (κ2) is 8.54. The number of fused-ring (bicyclic) bond motifs is 1. The van der Waals surface area contributed by atoms with Crippen LogP contribution >= 0.6 is 23.4 Å². The van der Waals surface area contributed by atoms with E-state index >= 15 is 0 Å². The number of aromatic nitrogens is 2. The minimum Gasteiger partial charge on any atom is -0.460 e. The number of aromatic amines is 1. The molecule has 0 unspecified atom stereocenters. The third-order valence-corrected chi connectivity index (χ3v) is 5.38. The predicted octanol–water partition coefficient (Wildman–Crippen LogP) is 5.07. The first kappa shape index (κ1) is 18.7. The molecular weight excluding hydrogens is 394 g/mol. The van der Waals surface area contributed by atoms with E-state index < -0.39 is 0 Å². The van der Waals surface area contributed by atoms with Gasteiger partial charge in [0.25, 0.3) is 0 Å². The summed E-state index contributed by atoms with van der Waals surface area (Å²) in [5.74, 6) is 1.88. The first-order valence-electron chi connectivity index (χ1n) is 8.84. The van der Waals surface area contributed by atoms with Crippen molar-refractivity contribution in [3.63, 3.8) is 0 Å². The lowest BCUT2D eigenvalue weighted by atomic mass is 10.1. The summed E-state index contributed by atoms with van der Waals surface area (Å²) in [7, 11) is 0. The van der Waals surface area contributed by atoms with Crippen LogP contribution in [0.15, 0.2) is 77.4 Å². The summed E-state index contributed by atoms with van der Waals surface area (Å²) < 4.78 is 5.77. The van der Waals surface area contributed by atoms with Gasteiger partial charge in [0.1, 0.15) is 11.5 Å². The Kier molecular flexibility index (Phi) is 5.69. The smallest absolute Gasteiger partial charge is 0.234 e. The molecule has 1 aliphatic rings. The lowest BCUT2D eigenvalue weighted by Gasteiger charge is -2.16. The van der Waals surface area contributed by atoms with Crippen molar-refractivity contribution in [1.82, 2.24) is 15.3 Å². The van der Waals surface area contributed by atoms with Crippen molar-refractivity contribution in [3.05, 3.63) is 77.4 Å². The Bertz CT molecular complexity index is 1060. The molecule has 0 fully saturated rings. The minimum absolute atomic E-state index is 0.0297. The van der Waals surface area contributed by atoms with E-state index in [1.54, 1.807) is 12.4 Å². The molecular formula is C21H18ClN3O2S. The quantitative estimate of drug-likeness (QED) is 0.556. The Morgan fingerprint density at radius 2 is 2.18 bits per heavy atom. The number of ether oxygens (including phenoxy) is 1.